The lowest BCUT2D eigenvalue weighted by Gasteiger charge is -2.22. The molecule has 0 unspecified atom stereocenters. The van der Waals surface area contributed by atoms with Gasteiger partial charge in [0, 0.05) is 27.2 Å². The first kappa shape index (κ1) is 21.9. The van der Waals surface area contributed by atoms with Gasteiger partial charge in [0.2, 0.25) is 0 Å². The molecule has 0 amide bonds. The second-order valence-electron chi connectivity index (χ2n) is 11.2. The van der Waals surface area contributed by atoms with E-state index in [1.165, 1.54) is 21.2 Å². The number of rotatable bonds is 2. The maximum atomic E-state index is 4.77. The highest BCUT2D eigenvalue weighted by Gasteiger charge is 2.22. The number of nitrogens with zero attached hydrogens (tertiary/aromatic N) is 4. The molecule has 0 aliphatic carbocycles. The van der Waals surface area contributed by atoms with Gasteiger partial charge in [-0.25, -0.2) is 19.9 Å². The first-order valence-corrected chi connectivity index (χ1v) is 12.3. The smallest absolute Gasteiger partial charge is 0.125 e. The van der Waals surface area contributed by atoms with Crippen molar-refractivity contribution in [1.29, 1.82) is 0 Å². The highest BCUT2D eigenvalue weighted by molar-refractivity contribution is 7.26. The van der Waals surface area contributed by atoms with Crippen molar-refractivity contribution in [2.24, 2.45) is 5.41 Å². The third-order valence-corrected chi connectivity index (χ3v) is 7.08. The Hall–Kier alpha value is -2.92. The molecule has 5 rings (SSSR count). The van der Waals surface area contributed by atoms with Crippen LogP contribution in [0.25, 0.3) is 42.5 Å². The average Bonchev–Trinajstić information content (AvgIpc) is 3.08. The number of benzene rings is 2. The molecule has 0 aliphatic heterocycles. The third kappa shape index (κ3) is 4.10. The molecular formula is C28H30N4S. The molecule has 168 valence electrons. The van der Waals surface area contributed by atoms with Crippen LogP contribution in [0.15, 0.2) is 42.9 Å². The Kier molecular flexibility index (Phi) is 5.02. The normalized spacial score (nSPS) is 12.8. The summed E-state index contributed by atoms with van der Waals surface area (Å²) in [5, 5.41) is 2.25. The average molecular weight is 455 g/mol. The molecule has 5 heteroatoms. The minimum Gasteiger partial charge on any atom is -0.241 e. The van der Waals surface area contributed by atoms with Crippen LogP contribution < -0.4 is 0 Å². The van der Waals surface area contributed by atoms with Crippen LogP contribution in [0.4, 0.5) is 0 Å². The van der Waals surface area contributed by atoms with E-state index in [9.17, 15) is 0 Å². The molecule has 0 radical (unpaired) electrons. The second kappa shape index (κ2) is 7.56. The predicted molar refractivity (Wildman–Crippen MR) is 140 cm³/mol. The lowest BCUT2D eigenvalue weighted by molar-refractivity contribution is 0.411. The zero-order chi connectivity index (χ0) is 23.5. The van der Waals surface area contributed by atoms with E-state index in [-0.39, 0.29) is 10.8 Å². The summed E-state index contributed by atoms with van der Waals surface area (Å²) in [5.41, 5.74) is 6.89. The minimum absolute atomic E-state index is 0.0524. The van der Waals surface area contributed by atoms with Crippen molar-refractivity contribution in [2.45, 2.75) is 60.3 Å². The molecule has 0 fully saturated rings. The first-order valence-electron chi connectivity index (χ1n) is 11.4. The van der Waals surface area contributed by atoms with Crippen molar-refractivity contribution in [3.05, 3.63) is 59.8 Å². The van der Waals surface area contributed by atoms with Gasteiger partial charge >= 0.3 is 0 Å². The van der Waals surface area contributed by atoms with Crippen molar-refractivity contribution in [3.63, 3.8) is 0 Å². The Morgan fingerprint density at radius 2 is 1.67 bits per heavy atom. The Bertz CT molecular complexity index is 1520. The van der Waals surface area contributed by atoms with E-state index < -0.39 is 0 Å². The molecule has 2 aromatic carbocycles. The summed E-state index contributed by atoms with van der Waals surface area (Å²) in [6.07, 6.45) is 4.67. The summed E-state index contributed by atoms with van der Waals surface area (Å²) in [7, 11) is 0. The summed E-state index contributed by atoms with van der Waals surface area (Å²) >= 11 is 1.79. The predicted octanol–water partition coefficient (Wildman–Crippen LogP) is 7.65. The van der Waals surface area contributed by atoms with Gasteiger partial charge in [0.05, 0.1) is 21.4 Å². The fraction of sp³-hybridized carbons (Fsp3) is 0.357. The molecule has 0 saturated carbocycles. The minimum atomic E-state index is -0.0524. The number of thiophene rings is 1. The van der Waals surface area contributed by atoms with E-state index in [2.05, 4.69) is 81.8 Å². The summed E-state index contributed by atoms with van der Waals surface area (Å²) < 4.78 is 2.40. The third-order valence-electron chi connectivity index (χ3n) is 5.94. The summed E-state index contributed by atoms with van der Waals surface area (Å²) in [5.74, 6) is 0.792. The molecule has 5 aromatic rings. The summed E-state index contributed by atoms with van der Waals surface area (Å²) in [6, 6.07) is 11.2. The lowest BCUT2D eigenvalue weighted by atomic mass is 9.84. The van der Waals surface area contributed by atoms with E-state index in [0.717, 1.165) is 44.6 Å². The molecule has 0 N–H and O–H groups in total. The van der Waals surface area contributed by atoms with E-state index in [4.69, 9.17) is 9.97 Å². The molecule has 33 heavy (non-hydrogen) atoms. The molecule has 0 spiro atoms. The number of fused-ring (bicyclic) bond motifs is 4. The zero-order valence-corrected chi connectivity index (χ0v) is 21.3. The van der Waals surface area contributed by atoms with Crippen LogP contribution in [0.5, 0.6) is 0 Å². The van der Waals surface area contributed by atoms with Crippen molar-refractivity contribution in [2.75, 3.05) is 0 Å². The SMILES string of the molecule is Cc1ncc2cc(-c3ncnc4c3sc3cc(CC(C)(C)C)ccc34)cc(C(C)(C)C)c2n1. The molecule has 0 atom stereocenters. The molecule has 4 nitrogen and oxygen atoms in total. The first-order chi connectivity index (χ1) is 15.5. The van der Waals surface area contributed by atoms with Gasteiger partial charge in [-0.05, 0) is 53.5 Å². The fourth-order valence-corrected chi connectivity index (χ4v) is 5.72. The molecule has 3 heterocycles. The van der Waals surface area contributed by atoms with Gasteiger partial charge in [0.1, 0.15) is 12.2 Å². The van der Waals surface area contributed by atoms with Crippen LogP contribution in [0.1, 0.15) is 58.5 Å². The van der Waals surface area contributed by atoms with E-state index >= 15 is 0 Å². The van der Waals surface area contributed by atoms with Crippen LogP contribution in [0.3, 0.4) is 0 Å². The zero-order valence-electron chi connectivity index (χ0n) is 20.4. The summed E-state index contributed by atoms with van der Waals surface area (Å²) in [6.45, 7) is 15.5. The van der Waals surface area contributed by atoms with Gasteiger partial charge in [-0.2, -0.15) is 0 Å². The maximum absolute atomic E-state index is 4.77. The van der Waals surface area contributed by atoms with Gasteiger partial charge in [-0.15, -0.1) is 11.3 Å². The van der Waals surface area contributed by atoms with Crippen molar-refractivity contribution >= 4 is 42.5 Å². The van der Waals surface area contributed by atoms with Crippen LogP contribution in [0.2, 0.25) is 0 Å². The topological polar surface area (TPSA) is 51.6 Å². The molecule has 0 aliphatic rings. The van der Waals surface area contributed by atoms with Crippen LogP contribution in [-0.4, -0.2) is 19.9 Å². The number of aromatic nitrogens is 4. The van der Waals surface area contributed by atoms with Gasteiger partial charge < -0.3 is 0 Å². The quantitative estimate of drug-likeness (QED) is 0.275. The highest BCUT2D eigenvalue weighted by Crippen LogP contribution is 2.40. The van der Waals surface area contributed by atoms with Crippen LogP contribution in [0, 0.1) is 12.3 Å². The van der Waals surface area contributed by atoms with Crippen LogP contribution in [-0.2, 0) is 11.8 Å². The Morgan fingerprint density at radius 1 is 0.879 bits per heavy atom. The molecule has 3 aromatic heterocycles. The van der Waals surface area contributed by atoms with Crippen molar-refractivity contribution in [1.82, 2.24) is 19.9 Å². The second-order valence-corrected chi connectivity index (χ2v) is 12.3. The van der Waals surface area contributed by atoms with Crippen LogP contribution >= 0.6 is 11.3 Å². The Morgan fingerprint density at radius 3 is 2.39 bits per heavy atom. The van der Waals surface area contributed by atoms with Crippen molar-refractivity contribution in [3.8, 4) is 11.3 Å². The Labute approximate surface area is 199 Å². The summed E-state index contributed by atoms with van der Waals surface area (Å²) in [4.78, 5) is 18.7. The van der Waals surface area contributed by atoms with Gasteiger partial charge in [0.25, 0.3) is 0 Å². The molecular weight excluding hydrogens is 424 g/mol. The molecule has 0 bridgehead atoms. The highest BCUT2D eigenvalue weighted by atomic mass is 32.1. The van der Waals surface area contributed by atoms with Crippen molar-refractivity contribution < 1.29 is 0 Å². The van der Waals surface area contributed by atoms with Gasteiger partial charge in [-0.3, -0.25) is 0 Å². The number of hydrogen-bond donors (Lipinski definition) is 0. The Balaban J connectivity index is 1.74. The van der Waals surface area contributed by atoms with E-state index in [1.54, 1.807) is 17.7 Å². The largest absolute Gasteiger partial charge is 0.241 e. The van der Waals surface area contributed by atoms with E-state index in [1.807, 2.05) is 13.1 Å². The van der Waals surface area contributed by atoms with E-state index in [0.29, 0.717) is 0 Å². The number of hydrogen-bond acceptors (Lipinski definition) is 5. The maximum Gasteiger partial charge on any atom is 0.125 e. The monoisotopic (exact) mass is 454 g/mol. The van der Waals surface area contributed by atoms with Gasteiger partial charge in [-0.1, -0.05) is 53.7 Å². The fourth-order valence-electron chi connectivity index (χ4n) is 4.49. The molecule has 0 saturated heterocycles. The lowest BCUT2D eigenvalue weighted by Crippen LogP contribution is -2.13. The standard InChI is InChI=1S/C28H30N4S/c1-16-29-14-19-11-18(12-21(23(19)32-16)28(5,6)7)24-26-25(31-15-30-24)20-9-8-17(10-22(20)33-26)13-27(2,3)4/h8-12,14-15H,13H2,1-7H3. The number of aryl methyl sites for hydroxylation is 1. The van der Waals surface area contributed by atoms with Gasteiger partial charge in [0.15, 0.2) is 0 Å².